The molecule has 6 rings (SSSR count). The van der Waals surface area contributed by atoms with E-state index in [1.165, 1.54) is 17.5 Å². The molecule has 0 aliphatic heterocycles. The van der Waals surface area contributed by atoms with Gasteiger partial charge in [-0.3, -0.25) is 19.1 Å². The van der Waals surface area contributed by atoms with E-state index in [1.807, 2.05) is 0 Å². The van der Waals surface area contributed by atoms with Gasteiger partial charge in [-0.1, -0.05) is 24.1 Å². The average Bonchev–Trinajstić information content (AvgIpc) is 3.89. The minimum Gasteiger partial charge on any atom is -0.344 e. The number of carbonyl (C=O) groups is 3. The van der Waals surface area contributed by atoms with Crippen molar-refractivity contribution in [3.8, 4) is 23.0 Å². The van der Waals surface area contributed by atoms with Crippen LogP contribution in [-0.2, 0) is 21.7 Å². The summed E-state index contributed by atoms with van der Waals surface area (Å²) in [7, 11) is 0. The molecule has 0 bridgehead atoms. The van der Waals surface area contributed by atoms with E-state index in [4.69, 9.17) is 0 Å². The molecule has 2 aliphatic carbocycles. The Morgan fingerprint density at radius 2 is 1.88 bits per heavy atom. The molecule has 3 amide bonds. The number of rotatable bonds is 8. The third kappa shape index (κ3) is 6.32. The molecular formula is C31H26F2N6O3S. The lowest BCUT2D eigenvalue weighted by Gasteiger charge is -2.21. The van der Waals surface area contributed by atoms with E-state index in [2.05, 4.69) is 37.9 Å². The molecule has 2 fully saturated rings. The molecule has 9 nitrogen and oxygen atoms in total. The van der Waals surface area contributed by atoms with Crippen molar-refractivity contribution in [3.05, 3.63) is 93.7 Å². The van der Waals surface area contributed by atoms with E-state index < -0.39 is 34.9 Å². The fraction of sp³-hybridized carbons (Fsp3) is 0.258. The largest absolute Gasteiger partial charge is 0.344 e. The Balaban J connectivity index is 1.12. The lowest BCUT2D eigenvalue weighted by atomic mass is 9.97. The second kappa shape index (κ2) is 11.8. The zero-order valence-electron chi connectivity index (χ0n) is 22.8. The van der Waals surface area contributed by atoms with Crippen LogP contribution in [0.2, 0.25) is 0 Å². The smallest absolute Gasteiger partial charge is 0.310 e. The first-order valence-electron chi connectivity index (χ1n) is 13.7. The van der Waals surface area contributed by atoms with Crippen molar-refractivity contribution in [2.75, 3.05) is 6.54 Å². The van der Waals surface area contributed by atoms with E-state index >= 15 is 4.39 Å². The molecule has 0 unspecified atom stereocenters. The second-order valence-corrected chi connectivity index (χ2v) is 11.3. The van der Waals surface area contributed by atoms with Gasteiger partial charge in [0.2, 0.25) is 0 Å². The Hall–Kier alpha value is -4.89. The molecule has 4 aromatic rings. The number of halogens is 2. The summed E-state index contributed by atoms with van der Waals surface area (Å²) in [6.07, 6.45) is 7.75. The number of aromatic nitrogens is 3. The van der Waals surface area contributed by atoms with Gasteiger partial charge in [-0.15, -0.1) is 11.3 Å². The van der Waals surface area contributed by atoms with Gasteiger partial charge in [0.05, 0.1) is 24.3 Å². The third-order valence-electron chi connectivity index (χ3n) is 7.36. The number of nitrogens with one attached hydrogen (secondary N) is 3. The van der Waals surface area contributed by atoms with Crippen LogP contribution in [0.4, 0.5) is 8.78 Å². The average molecular weight is 601 g/mol. The minimum atomic E-state index is -1.07. The van der Waals surface area contributed by atoms with E-state index in [-0.39, 0.29) is 29.8 Å². The number of thiazole rings is 1. The molecule has 3 N–H and O–H groups in total. The van der Waals surface area contributed by atoms with Crippen LogP contribution in [0.15, 0.2) is 60.4 Å². The monoisotopic (exact) mass is 600 g/mol. The summed E-state index contributed by atoms with van der Waals surface area (Å²) in [5.74, 6) is 2.03. The number of hydrogen-bond donors (Lipinski definition) is 3. The fourth-order valence-corrected chi connectivity index (χ4v) is 5.30. The van der Waals surface area contributed by atoms with Gasteiger partial charge in [-0.05, 0) is 55.4 Å². The predicted octanol–water partition coefficient (Wildman–Crippen LogP) is 3.82. The van der Waals surface area contributed by atoms with Gasteiger partial charge >= 0.3 is 11.8 Å². The Morgan fingerprint density at radius 3 is 2.63 bits per heavy atom. The molecule has 2 heterocycles. The van der Waals surface area contributed by atoms with Crippen molar-refractivity contribution in [2.45, 2.75) is 43.8 Å². The molecule has 2 aliphatic rings. The van der Waals surface area contributed by atoms with Gasteiger partial charge in [0.25, 0.3) is 5.91 Å². The first kappa shape index (κ1) is 28.2. The van der Waals surface area contributed by atoms with Gasteiger partial charge in [0.15, 0.2) is 5.01 Å². The van der Waals surface area contributed by atoms with E-state index in [1.54, 1.807) is 46.7 Å². The maximum atomic E-state index is 15.8. The highest BCUT2D eigenvalue weighted by atomic mass is 32.1. The molecule has 0 radical (unpaired) electrons. The fourth-order valence-electron chi connectivity index (χ4n) is 4.80. The minimum absolute atomic E-state index is 0.0336. The van der Waals surface area contributed by atoms with E-state index in [0.29, 0.717) is 35.0 Å². The zero-order chi connectivity index (χ0) is 30.0. The number of nitrogens with zero attached hydrogens (tertiary/aromatic N) is 3. The van der Waals surface area contributed by atoms with Gasteiger partial charge in [0.1, 0.15) is 11.6 Å². The van der Waals surface area contributed by atoms with E-state index in [9.17, 15) is 18.8 Å². The standard InChI is InChI=1S/C31H26F2N6O3S/c32-21-14-24(20-17-37-39(18-20)22-7-8-22)27(33)25(15-21)31(9-10-31)38-28(40)23-5-2-1-4-19(23)16-36-30(42)29(41)35-11-3-6-26-34-12-13-43-26/h1-2,4-5,12-15,17-18,22H,7-11,16H2,(H,35,41)(H,36,42)(H,38,40). The maximum absolute atomic E-state index is 15.8. The number of carbonyl (C=O) groups excluding carboxylic acids is 3. The number of benzene rings is 2. The van der Waals surface area contributed by atoms with Crippen molar-refractivity contribution in [1.29, 1.82) is 0 Å². The van der Waals surface area contributed by atoms with E-state index in [0.717, 1.165) is 25.0 Å². The summed E-state index contributed by atoms with van der Waals surface area (Å²) in [4.78, 5) is 41.9. The van der Waals surface area contributed by atoms with Gasteiger partial charge in [0, 0.05) is 46.6 Å². The Morgan fingerprint density at radius 1 is 1.09 bits per heavy atom. The first-order chi connectivity index (χ1) is 20.8. The molecule has 0 saturated heterocycles. The SMILES string of the molecule is O=C(NCC#Cc1nccs1)C(=O)NCc1ccccc1C(=O)NC1(c2cc(F)cc(-c3cnn(C4CC4)c3)c2F)CC1. The molecule has 0 spiro atoms. The summed E-state index contributed by atoms with van der Waals surface area (Å²) in [5.41, 5.74) is 0.276. The highest BCUT2D eigenvalue weighted by molar-refractivity contribution is 7.10. The van der Waals surface area contributed by atoms with Crippen LogP contribution in [0, 0.1) is 23.5 Å². The number of amides is 3. The molecular weight excluding hydrogens is 574 g/mol. The highest BCUT2D eigenvalue weighted by Crippen LogP contribution is 2.48. The van der Waals surface area contributed by atoms with Crippen molar-refractivity contribution in [3.63, 3.8) is 0 Å². The Kier molecular flexibility index (Phi) is 7.73. The van der Waals surface area contributed by atoms with Crippen LogP contribution in [0.3, 0.4) is 0 Å². The lowest BCUT2D eigenvalue weighted by molar-refractivity contribution is -0.139. The van der Waals surface area contributed by atoms with Crippen molar-refractivity contribution in [2.24, 2.45) is 0 Å². The molecule has 43 heavy (non-hydrogen) atoms. The third-order valence-corrected chi connectivity index (χ3v) is 8.05. The van der Waals surface area contributed by atoms with Crippen LogP contribution >= 0.6 is 11.3 Å². The molecule has 2 aromatic heterocycles. The van der Waals surface area contributed by atoms with Crippen molar-refractivity contribution in [1.82, 2.24) is 30.7 Å². The van der Waals surface area contributed by atoms with Crippen LogP contribution < -0.4 is 16.0 Å². The zero-order valence-corrected chi connectivity index (χ0v) is 23.6. The second-order valence-electron chi connectivity index (χ2n) is 10.5. The molecule has 2 saturated carbocycles. The van der Waals surface area contributed by atoms with Gasteiger partial charge in [-0.2, -0.15) is 5.10 Å². The molecule has 218 valence electrons. The summed E-state index contributed by atoms with van der Waals surface area (Å²) in [5, 5.41) is 14.5. The van der Waals surface area contributed by atoms with Gasteiger partial charge < -0.3 is 16.0 Å². The topological polar surface area (TPSA) is 118 Å². The van der Waals surface area contributed by atoms with Crippen LogP contribution in [0.5, 0.6) is 0 Å². The molecule has 12 heteroatoms. The summed E-state index contributed by atoms with van der Waals surface area (Å²) >= 11 is 1.36. The summed E-state index contributed by atoms with van der Waals surface area (Å²) in [6.45, 7) is -0.134. The summed E-state index contributed by atoms with van der Waals surface area (Å²) in [6, 6.07) is 9.14. The number of hydrogen-bond acceptors (Lipinski definition) is 6. The Labute approximate surface area is 249 Å². The quantitative estimate of drug-likeness (QED) is 0.210. The van der Waals surface area contributed by atoms with Crippen LogP contribution in [0.25, 0.3) is 11.1 Å². The normalized spacial score (nSPS) is 14.7. The van der Waals surface area contributed by atoms with Crippen LogP contribution in [0.1, 0.15) is 58.2 Å². The van der Waals surface area contributed by atoms with Crippen molar-refractivity contribution < 1.29 is 23.2 Å². The highest BCUT2D eigenvalue weighted by Gasteiger charge is 2.48. The van der Waals surface area contributed by atoms with Crippen molar-refractivity contribution >= 4 is 29.1 Å². The Bertz CT molecular complexity index is 1770. The molecule has 0 atom stereocenters. The van der Waals surface area contributed by atoms with Gasteiger partial charge in [-0.25, -0.2) is 13.8 Å². The predicted molar refractivity (Wildman–Crippen MR) is 155 cm³/mol. The van der Waals surface area contributed by atoms with Crippen LogP contribution in [-0.4, -0.2) is 39.0 Å². The lowest BCUT2D eigenvalue weighted by Crippen LogP contribution is -2.40. The first-order valence-corrected chi connectivity index (χ1v) is 14.6. The molecule has 2 aromatic carbocycles. The maximum Gasteiger partial charge on any atom is 0.310 e. The summed E-state index contributed by atoms with van der Waals surface area (Å²) < 4.78 is 32.4.